The van der Waals surface area contributed by atoms with Gasteiger partial charge in [0, 0.05) is 12.5 Å². The SMILES string of the molecule is CC(NCCCc1ncn[nH]1)C1CCCCC1. The molecule has 0 aliphatic heterocycles. The summed E-state index contributed by atoms with van der Waals surface area (Å²) in [5, 5.41) is 10.4. The fraction of sp³-hybridized carbons (Fsp3) is 0.846. The van der Waals surface area contributed by atoms with Gasteiger partial charge in [0.2, 0.25) is 0 Å². The van der Waals surface area contributed by atoms with Crippen molar-refractivity contribution in [3.63, 3.8) is 0 Å². The summed E-state index contributed by atoms with van der Waals surface area (Å²) < 4.78 is 0. The van der Waals surface area contributed by atoms with Crippen LogP contribution in [0.1, 0.15) is 51.3 Å². The molecule has 1 aliphatic rings. The van der Waals surface area contributed by atoms with Gasteiger partial charge >= 0.3 is 0 Å². The second-order valence-electron chi connectivity index (χ2n) is 5.18. The van der Waals surface area contributed by atoms with Crippen molar-refractivity contribution in [2.75, 3.05) is 6.54 Å². The third kappa shape index (κ3) is 4.11. The van der Waals surface area contributed by atoms with Crippen LogP contribution in [0.3, 0.4) is 0 Å². The van der Waals surface area contributed by atoms with E-state index in [4.69, 9.17) is 0 Å². The summed E-state index contributed by atoms with van der Waals surface area (Å²) in [7, 11) is 0. The molecule has 1 atom stereocenters. The minimum Gasteiger partial charge on any atom is -0.314 e. The number of hydrogen-bond acceptors (Lipinski definition) is 3. The number of H-pyrrole nitrogens is 1. The monoisotopic (exact) mass is 236 g/mol. The fourth-order valence-corrected chi connectivity index (χ4v) is 2.74. The van der Waals surface area contributed by atoms with Crippen molar-refractivity contribution >= 4 is 0 Å². The molecular weight excluding hydrogens is 212 g/mol. The van der Waals surface area contributed by atoms with E-state index in [1.54, 1.807) is 6.33 Å². The molecule has 2 N–H and O–H groups in total. The lowest BCUT2D eigenvalue weighted by Crippen LogP contribution is -2.35. The third-order valence-corrected chi connectivity index (χ3v) is 3.88. The topological polar surface area (TPSA) is 53.6 Å². The summed E-state index contributed by atoms with van der Waals surface area (Å²) in [4.78, 5) is 4.13. The smallest absolute Gasteiger partial charge is 0.137 e. The summed E-state index contributed by atoms with van der Waals surface area (Å²) in [6, 6.07) is 0.671. The Bertz CT molecular complexity index is 290. The number of aromatic amines is 1. The number of nitrogens with zero attached hydrogens (tertiary/aromatic N) is 2. The minimum absolute atomic E-state index is 0.671. The molecule has 0 spiro atoms. The van der Waals surface area contributed by atoms with Crippen LogP contribution in [0.25, 0.3) is 0 Å². The molecule has 17 heavy (non-hydrogen) atoms. The molecule has 0 saturated heterocycles. The van der Waals surface area contributed by atoms with E-state index in [9.17, 15) is 0 Å². The molecule has 1 unspecified atom stereocenters. The highest BCUT2D eigenvalue weighted by Gasteiger charge is 2.19. The van der Waals surface area contributed by atoms with Crippen LogP contribution < -0.4 is 5.32 Å². The highest BCUT2D eigenvalue weighted by atomic mass is 15.2. The van der Waals surface area contributed by atoms with Crippen molar-refractivity contribution in [3.8, 4) is 0 Å². The van der Waals surface area contributed by atoms with Crippen LogP contribution in [0, 0.1) is 5.92 Å². The van der Waals surface area contributed by atoms with E-state index in [1.807, 2.05) is 0 Å². The molecule has 0 radical (unpaired) electrons. The maximum atomic E-state index is 4.13. The van der Waals surface area contributed by atoms with Crippen molar-refractivity contribution in [2.24, 2.45) is 5.92 Å². The fourth-order valence-electron chi connectivity index (χ4n) is 2.74. The van der Waals surface area contributed by atoms with Crippen molar-refractivity contribution < 1.29 is 0 Å². The molecule has 1 saturated carbocycles. The summed E-state index contributed by atoms with van der Waals surface area (Å²) in [5.41, 5.74) is 0. The summed E-state index contributed by atoms with van der Waals surface area (Å²) in [5.74, 6) is 1.89. The Kier molecular flexibility index (Phi) is 4.98. The largest absolute Gasteiger partial charge is 0.314 e. The molecule has 0 aromatic carbocycles. The van der Waals surface area contributed by atoms with Gasteiger partial charge in [-0.3, -0.25) is 5.10 Å². The summed E-state index contributed by atoms with van der Waals surface area (Å²) in [6.07, 6.45) is 10.8. The number of aromatic nitrogens is 3. The molecule has 0 bridgehead atoms. The van der Waals surface area contributed by atoms with E-state index < -0.39 is 0 Å². The second-order valence-corrected chi connectivity index (χ2v) is 5.18. The van der Waals surface area contributed by atoms with Crippen LogP contribution in [0.4, 0.5) is 0 Å². The predicted octanol–water partition coefficient (Wildman–Crippen LogP) is 2.30. The van der Waals surface area contributed by atoms with E-state index >= 15 is 0 Å². The quantitative estimate of drug-likeness (QED) is 0.745. The van der Waals surface area contributed by atoms with Crippen LogP contribution >= 0.6 is 0 Å². The van der Waals surface area contributed by atoms with Crippen molar-refractivity contribution in [1.82, 2.24) is 20.5 Å². The Labute approximate surface area is 104 Å². The Morgan fingerprint density at radius 2 is 2.24 bits per heavy atom. The van der Waals surface area contributed by atoms with Gasteiger partial charge in [0.1, 0.15) is 12.2 Å². The lowest BCUT2D eigenvalue weighted by molar-refractivity contribution is 0.281. The zero-order chi connectivity index (χ0) is 11.9. The van der Waals surface area contributed by atoms with Crippen molar-refractivity contribution in [3.05, 3.63) is 12.2 Å². The molecule has 1 aromatic rings. The highest BCUT2D eigenvalue weighted by molar-refractivity contribution is 4.81. The first-order valence-corrected chi connectivity index (χ1v) is 6.94. The molecular formula is C13H24N4. The van der Waals surface area contributed by atoms with Crippen molar-refractivity contribution in [1.29, 1.82) is 0 Å². The second kappa shape index (κ2) is 6.74. The standard InChI is InChI=1S/C13H24N4/c1-11(12-6-3-2-4-7-12)14-9-5-8-13-15-10-16-17-13/h10-12,14H,2-9H2,1H3,(H,15,16,17). The Morgan fingerprint density at radius 3 is 2.94 bits per heavy atom. The van der Waals surface area contributed by atoms with Gasteiger partial charge in [-0.05, 0) is 38.6 Å². The Hall–Kier alpha value is -0.900. The minimum atomic E-state index is 0.671. The molecule has 96 valence electrons. The number of aryl methyl sites for hydroxylation is 1. The Morgan fingerprint density at radius 1 is 1.41 bits per heavy atom. The molecule has 1 fully saturated rings. The average molecular weight is 236 g/mol. The molecule has 4 heteroatoms. The maximum Gasteiger partial charge on any atom is 0.137 e. The van der Waals surface area contributed by atoms with Gasteiger partial charge in [0.25, 0.3) is 0 Å². The maximum absolute atomic E-state index is 4.13. The van der Waals surface area contributed by atoms with Gasteiger partial charge in [-0.25, -0.2) is 4.98 Å². The van der Waals surface area contributed by atoms with Crippen LogP contribution in [0.15, 0.2) is 6.33 Å². The van der Waals surface area contributed by atoms with E-state index in [1.165, 1.54) is 32.1 Å². The van der Waals surface area contributed by atoms with E-state index in [-0.39, 0.29) is 0 Å². The molecule has 1 aliphatic carbocycles. The number of rotatable bonds is 6. The van der Waals surface area contributed by atoms with Crippen LogP contribution in [-0.2, 0) is 6.42 Å². The lowest BCUT2D eigenvalue weighted by Gasteiger charge is -2.28. The average Bonchev–Trinajstić information content (AvgIpc) is 2.88. The van der Waals surface area contributed by atoms with Gasteiger partial charge in [-0.1, -0.05) is 19.3 Å². The van der Waals surface area contributed by atoms with Gasteiger partial charge in [-0.15, -0.1) is 0 Å². The van der Waals surface area contributed by atoms with Crippen LogP contribution in [0.5, 0.6) is 0 Å². The van der Waals surface area contributed by atoms with Gasteiger partial charge in [-0.2, -0.15) is 5.10 Å². The van der Waals surface area contributed by atoms with Crippen LogP contribution in [-0.4, -0.2) is 27.8 Å². The van der Waals surface area contributed by atoms with Crippen molar-refractivity contribution in [2.45, 2.75) is 57.9 Å². The third-order valence-electron chi connectivity index (χ3n) is 3.88. The summed E-state index contributed by atoms with van der Waals surface area (Å²) >= 11 is 0. The number of hydrogen-bond donors (Lipinski definition) is 2. The first kappa shape index (κ1) is 12.6. The van der Waals surface area contributed by atoms with E-state index in [0.717, 1.165) is 31.1 Å². The molecule has 2 rings (SSSR count). The zero-order valence-corrected chi connectivity index (χ0v) is 10.8. The first-order chi connectivity index (χ1) is 8.36. The Balaban J connectivity index is 1.57. The van der Waals surface area contributed by atoms with Gasteiger partial charge in [0.15, 0.2) is 0 Å². The highest BCUT2D eigenvalue weighted by Crippen LogP contribution is 2.26. The number of nitrogens with one attached hydrogen (secondary N) is 2. The predicted molar refractivity (Wildman–Crippen MR) is 68.7 cm³/mol. The molecule has 1 heterocycles. The molecule has 0 amide bonds. The van der Waals surface area contributed by atoms with E-state index in [2.05, 4.69) is 27.4 Å². The first-order valence-electron chi connectivity index (χ1n) is 6.94. The normalized spacial score (nSPS) is 19.4. The molecule has 1 aromatic heterocycles. The summed E-state index contributed by atoms with van der Waals surface area (Å²) in [6.45, 7) is 3.42. The van der Waals surface area contributed by atoms with Crippen LogP contribution in [0.2, 0.25) is 0 Å². The van der Waals surface area contributed by atoms with E-state index in [0.29, 0.717) is 6.04 Å². The van der Waals surface area contributed by atoms with Gasteiger partial charge < -0.3 is 5.32 Å². The molecule has 4 nitrogen and oxygen atoms in total. The van der Waals surface area contributed by atoms with Gasteiger partial charge in [0.05, 0.1) is 0 Å². The zero-order valence-electron chi connectivity index (χ0n) is 10.8. The lowest BCUT2D eigenvalue weighted by atomic mass is 9.84.